The monoisotopic (exact) mass is 1010 g/mol. The molecule has 2 aromatic carbocycles. The number of nitrogens with one attached hydrogen (secondary N) is 2. The predicted molar refractivity (Wildman–Crippen MR) is 272 cm³/mol. The van der Waals surface area contributed by atoms with Gasteiger partial charge in [-0.05, 0) is 118 Å². The Morgan fingerprint density at radius 2 is 1.42 bits per heavy atom. The number of carbonyl (C=O) groups excluding carboxylic acids is 2. The van der Waals surface area contributed by atoms with Crippen molar-refractivity contribution >= 4 is 55.9 Å². The Morgan fingerprint density at radius 1 is 0.743 bits per heavy atom. The van der Waals surface area contributed by atoms with Crippen LogP contribution in [0.1, 0.15) is 78.0 Å². The number of aromatic nitrogens is 9. The van der Waals surface area contributed by atoms with Crippen molar-refractivity contribution in [2.45, 2.75) is 89.4 Å². The van der Waals surface area contributed by atoms with Gasteiger partial charge in [-0.1, -0.05) is 0 Å². The van der Waals surface area contributed by atoms with Crippen LogP contribution in [0.15, 0.2) is 60.9 Å². The summed E-state index contributed by atoms with van der Waals surface area (Å²) in [6.07, 6.45) is 4.64. The van der Waals surface area contributed by atoms with E-state index in [1.54, 1.807) is 43.1 Å². The zero-order chi connectivity index (χ0) is 50.7. The number of aryl methyl sites for hydroxylation is 2. The maximum absolute atomic E-state index is 14.6. The summed E-state index contributed by atoms with van der Waals surface area (Å²) >= 11 is 0. The number of likely N-dealkylation sites (tertiary alicyclic amines) is 2. The molecule has 74 heavy (non-hydrogen) atoms. The molecule has 5 fully saturated rings. The Hall–Kier alpha value is -7.06. The molecule has 2 N–H and O–H groups in total. The van der Waals surface area contributed by atoms with Crippen LogP contribution >= 0.6 is 0 Å². The molecule has 0 bridgehead atoms. The van der Waals surface area contributed by atoms with E-state index in [0.717, 1.165) is 65.0 Å². The maximum atomic E-state index is 14.6. The largest absolute Gasteiger partial charge is 0.494 e. The van der Waals surface area contributed by atoms with Gasteiger partial charge in [-0.15, -0.1) is 0 Å². The van der Waals surface area contributed by atoms with E-state index in [1.807, 2.05) is 34.2 Å². The first kappa shape index (κ1) is 46.7. The van der Waals surface area contributed by atoms with E-state index >= 15 is 0 Å². The first-order valence-electron chi connectivity index (χ1n) is 25.9. The highest BCUT2D eigenvalue weighted by Gasteiger charge is 2.42. The molecule has 384 valence electrons. The summed E-state index contributed by atoms with van der Waals surface area (Å²) in [4.78, 5) is 56.6. The average Bonchev–Trinajstić information content (AvgIpc) is 3.93. The molecule has 13 rings (SSSR count). The van der Waals surface area contributed by atoms with Crippen LogP contribution in [0, 0.1) is 17.8 Å². The van der Waals surface area contributed by atoms with Crippen LogP contribution in [0.5, 0.6) is 11.5 Å². The van der Waals surface area contributed by atoms with Crippen molar-refractivity contribution in [3.05, 3.63) is 77.9 Å². The van der Waals surface area contributed by atoms with E-state index in [1.165, 1.54) is 20.0 Å². The van der Waals surface area contributed by atoms with Gasteiger partial charge in [0.1, 0.15) is 46.2 Å². The van der Waals surface area contributed by atoms with Crippen molar-refractivity contribution in [3.63, 3.8) is 0 Å². The number of carbonyl (C=O) groups is 2. The number of pyridine rings is 1. The molecule has 0 spiro atoms. The van der Waals surface area contributed by atoms with E-state index in [9.17, 15) is 22.8 Å². The second-order valence-electron chi connectivity index (χ2n) is 21.0. The summed E-state index contributed by atoms with van der Waals surface area (Å²) < 4.78 is 62.9. The Bertz CT molecular complexity index is 3560. The topological polar surface area (TPSA) is 167 Å². The molecule has 1 unspecified atom stereocenters. The number of nitrogens with zero attached hydrogens (tertiary/aromatic N) is 11. The van der Waals surface area contributed by atoms with E-state index < -0.39 is 12.7 Å². The summed E-state index contributed by atoms with van der Waals surface area (Å²) in [6, 6.07) is 14.7. The molecule has 0 radical (unpaired) electrons. The van der Waals surface area contributed by atoms with Gasteiger partial charge in [-0.25, -0.2) is 24.9 Å². The van der Waals surface area contributed by atoms with Crippen molar-refractivity contribution in [1.29, 1.82) is 0 Å². The highest BCUT2D eigenvalue weighted by atomic mass is 19.4. The van der Waals surface area contributed by atoms with Crippen molar-refractivity contribution in [1.82, 2.24) is 63.6 Å². The molecule has 4 aliphatic heterocycles. The molecule has 6 aromatic heterocycles. The number of fused-ring (bicyclic) bond motifs is 6. The van der Waals surface area contributed by atoms with Gasteiger partial charge in [0, 0.05) is 92.7 Å². The number of amides is 2. The van der Waals surface area contributed by atoms with Crippen molar-refractivity contribution in [2.75, 3.05) is 46.9 Å². The number of methoxy groups -OCH3 is 2. The quantitative estimate of drug-likeness (QED) is 0.130. The van der Waals surface area contributed by atoms with Crippen molar-refractivity contribution < 1.29 is 32.2 Å². The van der Waals surface area contributed by atoms with Gasteiger partial charge in [0.05, 0.1) is 42.7 Å². The molecule has 17 nitrogen and oxygen atoms in total. The van der Waals surface area contributed by atoms with Crippen LogP contribution in [0.2, 0.25) is 0 Å². The zero-order valence-corrected chi connectivity index (χ0v) is 41.8. The molecule has 1 saturated carbocycles. The lowest BCUT2D eigenvalue weighted by Gasteiger charge is -2.35. The minimum absolute atomic E-state index is 0.0917. The third-order valence-corrected chi connectivity index (χ3v) is 16.5. The lowest BCUT2D eigenvalue weighted by Crippen LogP contribution is -2.48. The molecule has 2 amide bonds. The maximum Gasteiger partial charge on any atom is 0.406 e. The zero-order valence-electron chi connectivity index (χ0n) is 41.8. The highest BCUT2D eigenvalue weighted by molar-refractivity contribution is 6.01. The number of alkyl halides is 3. The molecule has 5 atom stereocenters. The summed E-state index contributed by atoms with van der Waals surface area (Å²) in [6.45, 7) is 5.46. The molecule has 1 aliphatic carbocycles. The summed E-state index contributed by atoms with van der Waals surface area (Å²) in [5.74, 6) is 3.51. The molecule has 5 aliphatic rings. The smallest absolute Gasteiger partial charge is 0.406 e. The normalized spacial score (nSPS) is 22.1. The summed E-state index contributed by atoms with van der Waals surface area (Å²) in [5.41, 5.74) is 5.62. The average molecular weight is 1010 g/mol. The number of hydrogen-bond acceptors (Lipinski definition) is 11. The van der Waals surface area contributed by atoms with Crippen LogP contribution in [0.25, 0.3) is 67.2 Å². The number of rotatable bonds is 11. The fourth-order valence-electron chi connectivity index (χ4n) is 12.6. The lowest BCUT2D eigenvalue weighted by atomic mass is 9.91. The van der Waals surface area contributed by atoms with E-state index in [0.29, 0.717) is 101 Å². The number of piperidine rings is 2. The van der Waals surface area contributed by atoms with Crippen LogP contribution in [-0.2, 0) is 26.7 Å². The molecule has 4 saturated heterocycles. The third kappa shape index (κ3) is 7.93. The number of ether oxygens (including phenoxy) is 2. The Morgan fingerprint density at radius 3 is 2.14 bits per heavy atom. The van der Waals surface area contributed by atoms with Crippen LogP contribution < -0.4 is 20.1 Å². The molecule has 20 heteroatoms. The number of imidazole rings is 2. The summed E-state index contributed by atoms with van der Waals surface area (Å²) in [7, 11) is 4.86. The second-order valence-corrected chi connectivity index (χ2v) is 21.0. The SMILES string of the molecule is CCn1c(-c2cc3cccnc3n2CC2CC2)nc2cc(C(=O)N3CC[C@H]4CC(c5ncc6cc(-c7nc8cc(C(=O)N9CC[C@@H]%10CCN[C@@H]%10C9)cc(OC)c8n7C)n(CC(F)(F)F)c6n5)N[C@H]4C3)cc(OC)c21. The Kier molecular flexibility index (Phi) is 11.2. The van der Waals surface area contributed by atoms with Crippen LogP contribution in [0.3, 0.4) is 0 Å². The van der Waals surface area contributed by atoms with Gasteiger partial charge in [0.15, 0.2) is 11.6 Å². The van der Waals surface area contributed by atoms with Gasteiger partial charge in [-0.2, -0.15) is 13.2 Å². The minimum atomic E-state index is -4.59. The molecule has 8 aromatic rings. The fourth-order valence-corrected chi connectivity index (χ4v) is 12.6. The van der Waals surface area contributed by atoms with E-state index in [-0.39, 0.29) is 53.0 Å². The van der Waals surface area contributed by atoms with Crippen LogP contribution in [-0.4, -0.2) is 130 Å². The van der Waals surface area contributed by atoms with Gasteiger partial charge in [0.25, 0.3) is 11.8 Å². The van der Waals surface area contributed by atoms with Gasteiger partial charge < -0.3 is 48.2 Å². The first-order chi connectivity index (χ1) is 35.8. The second kappa shape index (κ2) is 17.8. The summed E-state index contributed by atoms with van der Waals surface area (Å²) in [5, 5.41) is 8.67. The van der Waals surface area contributed by atoms with Crippen molar-refractivity contribution in [2.24, 2.45) is 24.8 Å². The van der Waals surface area contributed by atoms with Gasteiger partial charge in [0.2, 0.25) is 0 Å². The van der Waals surface area contributed by atoms with Gasteiger partial charge in [-0.3, -0.25) is 9.59 Å². The fraction of sp³-hybridized carbons (Fsp3) is 0.463. The van der Waals surface area contributed by atoms with E-state index in [2.05, 4.69) is 38.8 Å². The predicted octanol–water partition coefficient (Wildman–Crippen LogP) is 7.75. The van der Waals surface area contributed by atoms with Crippen molar-refractivity contribution in [3.8, 4) is 34.5 Å². The van der Waals surface area contributed by atoms with Crippen LogP contribution in [0.4, 0.5) is 13.2 Å². The Balaban J connectivity index is 0.768. The number of hydrogen-bond donors (Lipinski definition) is 2. The molecule has 10 heterocycles. The molecular weight excluding hydrogens is 952 g/mol. The number of benzene rings is 2. The Labute approximate surface area is 424 Å². The number of halogens is 3. The highest BCUT2D eigenvalue weighted by Crippen LogP contribution is 2.41. The standard InChI is InChI=1S/C54H58F3N13O4/c1-5-68-46-37(63-51(68)42-20-32-7-6-13-59-48(32)69(42)25-29-8-9-29)19-34(23-44(46)74-4)53(72)67-16-12-31-17-38(61-40(31)27-67)47-60-24-35-21-41(70(49(35)64-47)28-54(55,56)57)50-62-36-18-33(22-43(73-3)45(36)65(50)2)52(71)66-15-11-30-10-14-58-39(30)26-66/h6-7,13,18-24,29-31,38-40,58,61H,5,8-12,14-17,25-28H2,1-4H3/t30-,31-,38?,39+,40-/m0/s1. The van der Waals surface area contributed by atoms with E-state index in [4.69, 9.17) is 34.4 Å². The third-order valence-electron chi connectivity index (χ3n) is 16.5. The minimum Gasteiger partial charge on any atom is -0.494 e. The molecular formula is C54H58F3N13O4. The lowest BCUT2D eigenvalue weighted by molar-refractivity contribution is -0.139. The van der Waals surface area contributed by atoms with Gasteiger partial charge >= 0.3 is 6.18 Å². The first-order valence-corrected chi connectivity index (χ1v) is 25.9.